The molecule has 0 bridgehead atoms. The van der Waals surface area contributed by atoms with Gasteiger partial charge in [-0.25, -0.2) is 0 Å². The molecular weight excluding hydrogens is 188 g/mol. The summed E-state index contributed by atoms with van der Waals surface area (Å²) in [5, 5.41) is 6.08. The summed E-state index contributed by atoms with van der Waals surface area (Å²) in [4.78, 5) is 11.4. The Morgan fingerprint density at radius 2 is 2.40 bits per heavy atom. The van der Waals surface area contributed by atoms with Crippen molar-refractivity contribution in [1.82, 2.24) is 10.6 Å². The van der Waals surface area contributed by atoms with Crippen LogP contribution in [0.25, 0.3) is 0 Å². The fourth-order valence-corrected chi connectivity index (χ4v) is 1.61. The van der Waals surface area contributed by atoms with Crippen molar-refractivity contribution >= 4 is 5.91 Å². The Morgan fingerprint density at radius 1 is 1.60 bits per heavy atom. The summed E-state index contributed by atoms with van der Waals surface area (Å²) in [6.45, 7) is 3.20. The van der Waals surface area contributed by atoms with Crippen LogP contribution >= 0.6 is 0 Å². The summed E-state index contributed by atoms with van der Waals surface area (Å²) in [7, 11) is 1.67. The van der Waals surface area contributed by atoms with Gasteiger partial charge in [-0.15, -0.1) is 0 Å². The average molecular weight is 208 g/mol. The van der Waals surface area contributed by atoms with Crippen LogP contribution in [0, 0.1) is 0 Å². The minimum Gasteiger partial charge on any atom is -0.355 e. The maximum absolute atomic E-state index is 11.4. The lowest BCUT2D eigenvalue weighted by Gasteiger charge is -2.18. The molecule has 15 heavy (non-hydrogen) atoms. The molecule has 0 aromatic carbocycles. The van der Waals surface area contributed by atoms with Crippen molar-refractivity contribution in [3.8, 4) is 0 Å². The van der Waals surface area contributed by atoms with Gasteiger partial charge in [-0.2, -0.15) is 0 Å². The third-order valence-electron chi connectivity index (χ3n) is 2.54. The largest absolute Gasteiger partial charge is 0.355 e. The van der Waals surface area contributed by atoms with E-state index in [0.717, 1.165) is 18.5 Å². The van der Waals surface area contributed by atoms with E-state index in [4.69, 9.17) is 0 Å². The highest BCUT2D eigenvalue weighted by molar-refractivity contribution is 5.93. The first-order chi connectivity index (χ1) is 7.27. The minimum atomic E-state index is 0.0293. The van der Waals surface area contributed by atoms with Gasteiger partial charge in [0, 0.05) is 18.7 Å². The van der Waals surface area contributed by atoms with E-state index in [0.29, 0.717) is 6.04 Å². The topological polar surface area (TPSA) is 41.1 Å². The zero-order valence-corrected chi connectivity index (χ0v) is 9.55. The number of nitrogens with one attached hydrogen (secondary N) is 2. The molecule has 0 radical (unpaired) electrons. The van der Waals surface area contributed by atoms with Crippen LogP contribution in [0.1, 0.15) is 26.2 Å². The van der Waals surface area contributed by atoms with Crippen molar-refractivity contribution < 1.29 is 4.79 Å². The smallest absolute Gasteiger partial charge is 0.247 e. The summed E-state index contributed by atoms with van der Waals surface area (Å²) in [6.07, 6.45) is 9.13. The highest BCUT2D eigenvalue weighted by Crippen LogP contribution is 2.12. The maximum atomic E-state index is 11.4. The lowest BCUT2D eigenvalue weighted by molar-refractivity contribution is -0.117. The number of allylic oxidation sites excluding steroid dienone is 2. The van der Waals surface area contributed by atoms with Gasteiger partial charge in [0.05, 0.1) is 0 Å². The molecule has 1 amide bonds. The van der Waals surface area contributed by atoms with E-state index in [-0.39, 0.29) is 5.91 Å². The zero-order valence-electron chi connectivity index (χ0n) is 9.55. The second-order valence-electron chi connectivity index (χ2n) is 3.77. The van der Waals surface area contributed by atoms with Crippen molar-refractivity contribution in [2.75, 3.05) is 13.6 Å². The standard InChI is InChI=1S/C12H20N2O/c1-3-4-8-14-11-7-5-6-10(9-11)12(15)13-2/h5-7,11,14H,3-4,8-9H2,1-2H3,(H,13,15). The lowest BCUT2D eigenvalue weighted by Crippen LogP contribution is -2.32. The van der Waals surface area contributed by atoms with Gasteiger partial charge < -0.3 is 10.6 Å². The quantitative estimate of drug-likeness (QED) is 0.670. The lowest BCUT2D eigenvalue weighted by atomic mass is 10.00. The first kappa shape index (κ1) is 12.0. The Hall–Kier alpha value is -1.09. The van der Waals surface area contributed by atoms with Crippen molar-refractivity contribution in [2.24, 2.45) is 0 Å². The fraction of sp³-hybridized carbons (Fsp3) is 0.583. The van der Waals surface area contributed by atoms with E-state index < -0.39 is 0 Å². The van der Waals surface area contributed by atoms with Gasteiger partial charge in [0.2, 0.25) is 5.91 Å². The molecule has 1 rings (SSSR count). The Kier molecular flexibility index (Phi) is 5.12. The highest BCUT2D eigenvalue weighted by atomic mass is 16.1. The molecule has 1 aliphatic carbocycles. The monoisotopic (exact) mass is 208 g/mol. The Labute approximate surface area is 91.6 Å². The molecule has 0 spiro atoms. The fourth-order valence-electron chi connectivity index (χ4n) is 1.61. The van der Waals surface area contributed by atoms with Gasteiger partial charge in [0.1, 0.15) is 0 Å². The normalized spacial score (nSPS) is 19.9. The van der Waals surface area contributed by atoms with Gasteiger partial charge in [-0.3, -0.25) is 4.79 Å². The van der Waals surface area contributed by atoms with Gasteiger partial charge in [-0.05, 0) is 19.4 Å². The first-order valence-corrected chi connectivity index (χ1v) is 5.60. The molecule has 0 saturated heterocycles. The van der Waals surface area contributed by atoms with Crippen LogP contribution in [0.3, 0.4) is 0 Å². The van der Waals surface area contributed by atoms with Crippen LogP contribution in [0.15, 0.2) is 23.8 Å². The maximum Gasteiger partial charge on any atom is 0.247 e. The summed E-state index contributed by atoms with van der Waals surface area (Å²) in [6, 6.07) is 0.314. The molecule has 1 aliphatic rings. The number of likely N-dealkylation sites (N-methyl/N-ethyl adjacent to an activating group) is 1. The van der Waals surface area contributed by atoms with Crippen LogP contribution in [0.2, 0.25) is 0 Å². The predicted octanol–water partition coefficient (Wildman–Crippen LogP) is 1.38. The molecular formula is C12H20N2O. The van der Waals surface area contributed by atoms with Crippen LogP contribution in [-0.4, -0.2) is 25.5 Å². The highest BCUT2D eigenvalue weighted by Gasteiger charge is 2.14. The van der Waals surface area contributed by atoms with Crippen molar-refractivity contribution in [2.45, 2.75) is 32.2 Å². The second kappa shape index (κ2) is 6.40. The van der Waals surface area contributed by atoms with Crippen molar-refractivity contribution in [3.63, 3.8) is 0 Å². The van der Waals surface area contributed by atoms with E-state index in [1.165, 1.54) is 12.8 Å². The molecule has 2 N–H and O–H groups in total. The number of carbonyl (C=O) groups is 1. The molecule has 0 aromatic heterocycles. The van der Waals surface area contributed by atoms with Crippen LogP contribution in [0.5, 0.6) is 0 Å². The number of amides is 1. The van der Waals surface area contributed by atoms with Crippen LogP contribution < -0.4 is 10.6 Å². The SMILES string of the molecule is CCCCNC1C=CC=C(C(=O)NC)C1. The van der Waals surface area contributed by atoms with Crippen LogP contribution in [0.4, 0.5) is 0 Å². The third-order valence-corrected chi connectivity index (χ3v) is 2.54. The van der Waals surface area contributed by atoms with Gasteiger partial charge in [0.15, 0.2) is 0 Å². The summed E-state index contributed by atoms with van der Waals surface area (Å²) in [5.74, 6) is 0.0293. The molecule has 3 nitrogen and oxygen atoms in total. The predicted molar refractivity (Wildman–Crippen MR) is 62.6 cm³/mol. The summed E-state index contributed by atoms with van der Waals surface area (Å²) < 4.78 is 0. The van der Waals surface area contributed by atoms with Crippen molar-refractivity contribution in [3.05, 3.63) is 23.8 Å². The molecule has 0 heterocycles. The molecule has 84 valence electrons. The molecule has 0 fully saturated rings. The first-order valence-electron chi connectivity index (χ1n) is 5.60. The van der Waals surface area contributed by atoms with E-state index in [9.17, 15) is 4.79 Å². The number of hydrogen-bond acceptors (Lipinski definition) is 2. The Morgan fingerprint density at radius 3 is 3.07 bits per heavy atom. The van der Waals surface area contributed by atoms with Crippen molar-refractivity contribution in [1.29, 1.82) is 0 Å². The number of hydrogen-bond donors (Lipinski definition) is 2. The summed E-state index contributed by atoms with van der Waals surface area (Å²) in [5.41, 5.74) is 0.856. The third kappa shape index (κ3) is 3.88. The van der Waals surface area contributed by atoms with Crippen LogP contribution in [-0.2, 0) is 4.79 Å². The molecule has 1 atom stereocenters. The van der Waals surface area contributed by atoms with E-state index in [2.05, 4.69) is 23.6 Å². The van der Waals surface area contributed by atoms with E-state index in [1.54, 1.807) is 7.05 Å². The number of rotatable bonds is 5. The zero-order chi connectivity index (χ0) is 11.1. The van der Waals surface area contributed by atoms with E-state index in [1.807, 2.05) is 12.2 Å². The Balaban J connectivity index is 2.38. The average Bonchev–Trinajstić information content (AvgIpc) is 2.29. The second-order valence-corrected chi connectivity index (χ2v) is 3.77. The molecule has 0 aromatic rings. The molecule has 3 heteroatoms. The van der Waals surface area contributed by atoms with E-state index >= 15 is 0 Å². The number of unbranched alkanes of at least 4 members (excludes halogenated alkanes) is 1. The van der Waals surface area contributed by atoms with Gasteiger partial charge in [-0.1, -0.05) is 31.6 Å². The summed E-state index contributed by atoms with van der Waals surface area (Å²) >= 11 is 0. The molecule has 1 unspecified atom stereocenters. The Bertz CT molecular complexity index is 269. The number of carbonyl (C=O) groups excluding carboxylic acids is 1. The molecule has 0 saturated carbocycles. The minimum absolute atomic E-state index is 0.0293. The molecule has 0 aliphatic heterocycles. The van der Waals surface area contributed by atoms with Gasteiger partial charge in [0.25, 0.3) is 0 Å². The van der Waals surface area contributed by atoms with Gasteiger partial charge >= 0.3 is 0 Å².